The monoisotopic (exact) mass is 333 g/mol. The molecule has 1 aromatic rings. The first kappa shape index (κ1) is 18.7. The van der Waals surface area contributed by atoms with Crippen molar-refractivity contribution in [3.8, 4) is 0 Å². The molecule has 5 nitrogen and oxygen atoms in total. The van der Waals surface area contributed by atoms with Gasteiger partial charge in [-0.2, -0.15) is 0 Å². The van der Waals surface area contributed by atoms with Crippen LogP contribution in [0.5, 0.6) is 0 Å². The van der Waals surface area contributed by atoms with Gasteiger partial charge in [-0.15, -0.1) is 0 Å². The molecule has 0 aliphatic carbocycles. The molecule has 0 aromatic heterocycles. The van der Waals surface area contributed by atoms with Crippen molar-refractivity contribution in [2.45, 2.75) is 51.2 Å². The molecule has 1 aliphatic heterocycles. The number of piperidine rings is 1. The van der Waals surface area contributed by atoms with E-state index in [9.17, 15) is 9.90 Å². The predicted molar refractivity (Wildman–Crippen MR) is 99.5 cm³/mol. The van der Waals surface area contributed by atoms with Crippen molar-refractivity contribution in [2.24, 2.45) is 0 Å². The van der Waals surface area contributed by atoms with Crippen LogP contribution in [0.25, 0.3) is 0 Å². The Hall–Kier alpha value is -1.59. The summed E-state index contributed by atoms with van der Waals surface area (Å²) in [5.74, 6) is -0.344. The van der Waals surface area contributed by atoms with Crippen LogP contribution in [0, 0.1) is 0 Å². The number of amides is 1. The second-order valence-corrected chi connectivity index (χ2v) is 7.21. The van der Waals surface area contributed by atoms with Crippen molar-refractivity contribution < 1.29 is 9.90 Å². The van der Waals surface area contributed by atoms with Crippen LogP contribution in [0.3, 0.4) is 0 Å². The molecule has 1 heterocycles. The number of benzene rings is 1. The Morgan fingerprint density at radius 2 is 1.88 bits per heavy atom. The maximum absolute atomic E-state index is 12.1. The zero-order chi connectivity index (χ0) is 17.7. The van der Waals surface area contributed by atoms with Gasteiger partial charge in [-0.1, -0.05) is 13.3 Å². The molecule has 1 saturated heterocycles. The Balaban J connectivity index is 1.93. The van der Waals surface area contributed by atoms with Gasteiger partial charge in [0, 0.05) is 30.5 Å². The molecule has 134 valence electrons. The number of hydrogen-bond acceptors (Lipinski definition) is 4. The van der Waals surface area contributed by atoms with Gasteiger partial charge in [-0.25, -0.2) is 0 Å². The lowest BCUT2D eigenvalue weighted by atomic mass is 9.99. The standard InChI is InChI=1S/C19H31N3O2/c1-5-12-19(2,24)18(23)20-15-6-8-17(9-7-15)22-13-10-16(11-14-22)21(3)4/h6-9,16,24H,5,10-14H2,1-4H3,(H,20,23). The fraction of sp³-hybridized carbons (Fsp3) is 0.632. The SMILES string of the molecule is CCCC(C)(O)C(=O)Nc1ccc(N2CCC(N(C)C)CC2)cc1. The lowest BCUT2D eigenvalue weighted by molar-refractivity contribution is -0.133. The van der Waals surface area contributed by atoms with Crippen LogP contribution in [0.4, 0.5) is 11.4 Å². The van der Waals surface area contributed by atoms with Crippen molar-refractivity contribution in [1.82, 2.24) is 4.90 Å². The summed E-state index contributed by atoms with van der Waals surface area (Å²) in [6, 6.07) is 8.57. The van der Waals surface area contributed by atoms with Crippen LogP contribution in [0.2, 0.25) is 0 Å². The summed E-state index contributed by atoms with van der Waals surface area (Å²) in [6.07, 6.45) is 3.57. The number of rotatable bonds is 6. The van der Waals surface area contributed by atoms with Crippen molar-refractivity contribution >= 4 is 17.3 Å². The summed E-state index contributed by atoms with van der Waals surface area (Å²) in [7, 11) is 4.29. The van der Waals surface area contributed by atoms with Gasteiger partial charge in [0.1, 0.15) is 5.60 Å². The minimum atomic E-state index is -1.32. The highest BCUT2D eigenvalue weighted by Crippen LogP contribution is 2.24. The molecule has 0 bridgehead atoms. The molecule has 2 N–H and O–H groups in total. The van der Waals surface area contributed by atoms with Gasteiger partial charge >= 0.3 is 0 Å². The molecule has 1 fully saturated rings. The topological polar surface area (TPSA) is 55.8 Å². The molecular weight excluding hydrogens is 302 g/mol. The summed E-state index contributed by atoms with van der Waals surface area (Å²) < 4.78 is 0. The number of nitrogens with one attached hydrogen (secondary N) is 1. The molecule has 0 radical (unpaired) electrons. The Kier molecular flexibility index (Phi) is 6.24. The van der Waals surface area contributed by atoms with E-state index >= 15 is 0 Å². The predicted octanol–water partition coefficient (Wildman–Crippen LogP) is 2.71. The van der Waals surface area contributed by atoms with E-state index in [1.165, 1.54) is 18.5 Å². The van der Waals surface area contributed by atoms with E-state index in [1.807, 2.05) is 31.2 Å². The van der Waals surface area contributed by atoms with E-state index in [4.69, 9.17) is 0 Å². The quantitative estimate of drug-likeness (QED) is 0.840. The van der Waals surface area contributed by atoms with E-state index in [-0.39, 0.29) is 5.91 Å². The number of nitrogens with zero attached hydrogens (tertiary/aromatic N) is 2. The molecule has 5 heteroatoms. The molecule has 1 aliphatic rings. The zero-order valence-electron chi connectivity index (χ0n) is 15.4. The van der Waals surface area contributed by atoms with Gasteiger partial charge in [0.15, 0.2) is 0 Å². The number of anilines is 2. The molecule has 1 atom stereocenters. The van der Waals surface area contributed by atoms with Crippen molar-refractivity contribution in [1.29, 1.82) is 0 Å². The Bertz CT molecular complexity index is 532. The summed E-state index contributed by atoms with van der Waals surface area (Å²) >= 11 is 0. The van der Waals surface area contributed by atoms with E-state index in [2.05, 4.69) is 29.2 Å². The minimum absolute atomic E-state index is 0.344. The van der Waals surface area contributed by atoms with Crippen LogP contribution in [0.15, 0.2) is 24.3 Å². The fourth-order valence-electron chi connectivity index (χ4n) is 3.26. The van der Waals surface area contributed by atoms with Gasteiger partial charge in [0.25, 0.3) is 5.91 Å². The van der Waals surface area contributed by atoms with Crippen molar-refractivity contribution in [3.63, 3.8) is 0 Å². The van der Waals surface area contributed by atoms with E-state index in [0.717, 1.165) is 25.2 Å². The zero-order valence-corrected chi connectivity index (χ0v) is 15.4. The van der Waals surface area contributed by atoms with Gasteiger partial charge in [0.05, 0.1) is 0 Å². The molecule has 24 heavy (non-hydrogen) atoms. The molecular formula is C19H31N3O2. The molecule has 2 rings (SSSR count). The number of carbonyl (C=O) groups is 1. The number of hydrogen-bond donors (Lipinski definition) is 2. The summed E-state index contributed by atoms with van der Waals surface area (Å²) in [6.45, 7) is 5.63. The Morgan fingerprint density at radius 1 is 1.29 bits per heavy atom. The first-order valence-electron chi connectivity index (χ1n) is 8.88. The molecule has 1 aromatic carbocycles. The third-order valence-corrected chi connectivity index (χ3v) is 4.91. The highest BCUT2D eigenvalue weighted by Gasteiger charge is 2.29. The normalized spacial score (nSPS) is 18.5. The van der Waals surface area contributed by atoms with Gasteiger partial charge in [0.2, 0.25) is 0 Å². The first-order valence-corrected chi connectivity index (χ1v) is 8.88. The summed E-state index contributed by atoms with van der Waals surface area (Å²) in [5.41, 5.74) is 0.593. The van der Waals surface area contributed by atoms with Crippen LogP contribution in [0.1, 0.15) is 39.5 Å². The van der Waals surface area contributed by atoms with Crippen LogP contribution < -0.4 is 10.2 Å². The minimum Gasteiger partial charge on any atom is -0.380 e. The molecule has 0 spiro atoms. The lowest BCUT2D eigenvalue weighted by Crippen LogP contribution is -2.42. The fourth-order valence-corrected chi connectivity index (χ4v) is 3.26. The first-order chi connectivity index (χ1) is 11.3. The van der Waals surface area contributed by atoms with Crippen LogP contribution in [-0.2, 0) is 4.79 Å². The highest BCUT2D eigenvalue weighted by molar-refractivity contribution is 5.96. The van der Waals surface area contributed by atoms with Crippen molar-refractivity contribution in [2.75, 3.05) is 37.4 Å². The number of aliphatic hydroxyl groups is 1. The third-order valence-electron chi connectivity index (χ3n) is 4.91. The number of carbonyl (C=O) groups excluding carboxylic acids is 1. The van der Waals surface area contributed by atoms with Gasteiger partial charge in [-0.05, 0) is 64.5 Å². The molecule has 0 saturated carbocycles. The van der Waals surface area contributed by atoms with Crippen molar-refractivity contribution in [3.05, 3.63) is 24.3 Å². The highest BCUT2D eigenvalue weighted by atomic mass is 16.3. The Labute approximate surface area is 145 Å². The summed E-state index contributed by atoms with van der Waals surface area (Å²) in [4.78, 5) is 16.8. The van der Waals surface area contributed by atoms with Gasteiger partial charge < -0.3 is 20.2 Å². The second kappa shape index (κ2) is 7.99. The molecule has 1 amide bonds. The maximum atomic E-state index is 12.1. The summed E-state index contributed by atoms with van der Waals surface area (Å²) in [5, 5.41) is 13.0. The van der Waals surface area contributed by atoms with E-state index in [0.29, 0.717) is 12.5 Å². The van der Waals surface area contributed by atoms with Gasteiger partial charge in [-0.3, -0.25) is 4.79 Å². The largest absolute Gasteiger partial charge is 0.380 e. The van der Waals surface area contributed by atoms with E-state index < -0.39 is 5.60 Å². The smallest absolute Gasteiger partial charge is 0.256 e. The van der Waals surface area contributed by atoms with Crippen LogP contribution >= 0.6 is 0 Å². The maximum Gasteiger partial charge on any atom is 0.256 e. The lowest BCUT2D eigenvalue weighted by Gasteiger charge is -2.36. The average molecular weight is 333 g/mol. The van der Waals surface area contributed by atoms with E-state index in [1.54, 1.807) is 6.92 Å². The van der Waals surface area contributed by atoms with Crippen LogP contribution in [-0.4, -0.2) is 54.7 Å². The second-order valence-electron chi connectivity index (χ2n) is 7.21. The average Bonchev–Trinajstić information content (AvgIpc) is 2.55. The Morgan fingerprint density at radius 3 is 2.38 bits per heavy atom. The molecule has 1 unspecified atom stereocenters. The third kappa shape index (κ3) is 4.71.